The van der Waals surface area contributed by atoms with E-state index in [4.69, 9.17) is 115 Å². The van der Waals surface area contributed by atoms with Gasteiger partial charge in [-0.3, -0.25) is 0 Å². The molecular weight excluding hydrogens is 726 g/mol. The molecule has 0 radical (unpaired) electrons. The summed E-state index contributed by atoms with van der Waals surface area (Å²) in [7, 11) is -27.8. The van der Waals surface area contributed by atoms with Crippen molar-refractivity contribution in [1.82, 2.24) is 0 Å². The van der Waals surface area contributed by atoms with E-state index in [0.717, 1.165) is 0 Å². The quantitative estimate of drug-likeness (QED) is 0.100. The predicted octanol–water partition coefficient (Wildman–Crippen LogP) is -0.254. The minimum atomic E-state index is -4.64. The highest BCUT2D eigenvalue weighted by atomic mass is 31.2. The minimum Gasteiger partial charge on any atom is -0.303 e. The predicted molar refractivity (Wildman–Crippen MR) is 148 cm³/mol. The van der Waals surface area contributed by atoms with E-state index in [9.17, 15) is 0 Å². The first kappa shape index (κ1) is 59.1. The Morgan fingerprint density at radius 1 is 0.256 bits per heavy atom. The first-order chi connectivity index (χ1) is 18.4. The van der Waals surface area contributed by atoms with Crippen molar-refractivity contribution in [3.05, 3.63) is 0 Å². The Hall–Kier alpha value is 0.660. The molecule has 0 heterocycles. The Labute approximate surface area is 247 Å². The monoisotopic (exact) mass is 772 g/mol. The van der Waals surface area contributed by atoms with Crippen LogP contribution in [0.5, 0.6) is 0 Å². The summed E-state index contributed by atoms with van der Waals surface area (Å²) in [5, 5.41) is 0. The number of hydrogen-bond acceptors (Lipinski definition) is 6. The van der Waals surface area contributed by atoms with Crippen LogP contribution in [0.4, 0.5) is 0 Å². The van der Waals surface area contributed by atoms with Crippen LogP contribution in [0.2, 0.25) is 0 Å². The third kappa shape index (κ3) is 621. The summed E-state index contributed by atoms with van der Waals surface area (Å²) in [6, 6.07) is 0. The van der Waals surface area contributed by atoms with E-state index < -0.39 is 46.9 Å². The summed E-state index contributed by atoms with van der Waals surface area (Å²) >= 11 is 0. The van der Waals surface area contributed by atoms with E-state index in [1.165, 1.54) is 70.6 Å². The van der Waals surface area contributed by atoms with Gasteiger partial charge in [0.2, 0.25) is 0 Å². The van der Waals surface area contributed by atoms with Gasteiger partial charge in [-0.25, -0.2) is 27.4 Å². The minimum absolute atomic E-state index is 1.37. The number of unbranched alkanes of at least 4 members (excludes halogenated alkanes) is 10. The molecule has 0 saturated heterocycles. The molecule has 0 aliphatic carbocycles. The molecule has 0 aliphatic rings. The van der Waals surface area contributed by atoms with Gasteiger partial charge in [0.15, 0.2) is 0 Å². The second-order valence-electron chi connectivity index (χ2n) is 7.26. The molecule has 0 saturated carbocycles. The molecule has 0 rings (SSSR count). The molecule has 0 unspecified atom stereocenters. The summed E-state index contributed by atoms with van der Waals surface area (Å²) in [5.74, 6) is 0. The molecule has 272 valence electrons. The molecule has 0 aliphatic heterocycles. The summed E-state index contributed by atoms with van der Waals surface area (Å²) in [6.45, 7) is 4.56. The smallest absolute Gasteiger partial charge is 0.303 e. The standard InChI is InChI=1S/C13H28.6H3O4P/c1-3-5-7-9-11-13-12-10-8-6-4-2;6*1-5(2,3)4/h3-13H2,1-2H3;6*(H3,1,2,3,4). The lowest BCUT2D eigenvalue weighted by molar-refractivity contribution is 0.272. The van der Waals surface area contributed by atoms with Crippen LogP contribution in [-0.2, 0) is 27.4 Å². The van der Waals surface area contributed by atoms with E-state index in [2.05, 4.69) is 13.8 Å². The topological polar surface area (TPSA) is 467 Å². The molecule has 0 aromatic carbocycles. The van der Waals surface area contributed by atoms with Gasteiger partial charge in [0.25, 0.3) is 0 Å². The second-order valence-corrected chi connectivity index (χ2v) is 13.4. The Kier molecular flexibility index (Phi) is 44.8. The molecule has 0 fully saturated rings. The van der Waals surface area contributed by atoms with Crippen LogP contribution in [0.3, 0.4) is 0 Å². The maximum atomic E-state index is 8.88. The van der Waals surface area contributed by atoms with Crippen molar-refractivity contribution in [2.24, 2.45) is 0 Å². The Morgan fingerprint density at radius 2 is 0.326 bits per heavy atom. The molecule has 43 heavy (non-hydrogen) atoms. The van der Waals surface area contributed by atoms with Gasteiger partial charge in [0, 0.05) is 0 Å². The maximum Gasteiger partial charge on any atom is 0.466 e. The largest absolute Gasteiger partial charge is 0.466 e. The van der Waals surface area contributed by atoms with E-state index in [1.54, 1.807) is 0 Å². The van der Waals surface area contributed by atoms with E-state index in [1.807, 2.05) is 0 Å². The van der Waals surface area contributed by atoms with Crippen molar-refractivity contribution in [3.8, 4) is 0 Å². The zero-order valence-corrected chi connectivity index (χ0v) is 28.3. The first-order valence-electron chi connectivity index (χ1n) is 11.1. The van der Waals surface area contributed by atoms with Crippen LogP contribution in [0.25, 0.3) is 0 Å². The maximum absolute atomic E-state index is 8.88. The number of rotatable bonds is 10. The molecule has 24 nitrogen and oxygen atoms in total. The first-order valence-corrected chi connectivity index (χ1v) is 20.5. The van der Waals surface area contributed by atoms with Crippen molar-refractivity contribution in [2.45, 2.75) is 84.5 Å². The average Bonchev–Trinajstić information content (AvgIpc) is 2.58. The number of hydrogen-bond donors (Lipinski definition) is 18. The van der Waals surface area contributed by atoms with Crippen LogP contribution in [0.1, 0.15) is 84.5 Å². The van der Waals surface area contributed by atoms with Gasteiger partial charge < -0.3 is 88.1 Å². The number of phosphoric acid groups is 6. The van der Waals surface area contributed by atoms with Crippen molar-refractivity contribution >= 4 is 46.9 Å². The highest BCUT2D eigenvalue weighted by Crippen LogP contribution is 2.27. The van der Waals surface area contributed by atoms with Crippen LogP contribution in [0.15, 0.2) is 0 Å². The van der Waals surface area contributed by atoms with Gasteiger partial charge in [-0.15, -0.1) is 0 Å². The molecule has 30 heteroatoms. The Morgan fingerprint density at radius 3 is 0.395 bits per heavy atom. The zero-order valence-electron chi connectivity index (χ0n) is 23.0. The fourth-order valence-electron chi connectivity index (χ4n) is 1.74. The van der Waals surface area contributed by atoms with Gasteiger partial charge in [0.1, 0.15) is 0 Å². The highest BCUT2D eigenvalue weighted by molar-refractivity contribution is 7.46. The SMILES string of the molecule is CCCCCCCCCCCCC.O=P(O)(O)O.O=P(O)(O)O.O=P(O)(O)O.O=P(O)(O)O.O=P(O)(O)O.O=P(O)(O)O. The second kappa shape index (κ2) is 32.6. The fraction of sp³-hybridized carbons (Fsp3) is 1.00. The van der Waals surface area contributed by atoms with Gasteiger partial charge in [-0.1, -0.05) is 84.5 Å². The van der Waals surface area contributed by atoms with E-state index in [0.29, 0.717) is 0 Å². The van der Waals surface area contributed by atoms with Gasteiger partial charge in [-0.2, -0.15) is 0 Å². The molecule has 0 amide bonds. The molecule has 18 N–H and O–H groups in total. The third-order valence-electron chi connectivity index (χ3n) is 2.71. The fourth-order valence-corrected chi connectivity index (χ4v) is 1.74. The Balaban J connectivity index is -0.0000000743. The zero-order chi connectivity index (χ0) is 36.8. The summed E-state index contributed by atoms with van der Waals surface area (Å²) in [6.07, 6.45) is 15.9. The lowest BCUT2D eigenvalue weighted by atomic mass is 10.1. The Bertz CT molecular complexity index is 646. The summed E-state index contributed by atoms with van der Waals surface area (Å²) in [4.78, 5) is 129. The highest BCUT2D eigenvalue weighted by Gasteiger charge is 2.02. The van der Waals surface area contributed by atoms with Crippen LogP contribution in [-0.4, -0.2) is 88.1 Å². The van der Waals surface area contributed by atoms with Gasteiger partial charge in [-0.05, 0) is 0 Å². The molecule has 0 spiro atoms. The summed E-state index contributed by atoms with van der Waals surface area (Å²) < 4.78 is 53.3. The van der Waals surface area contributed by atoms with E-state index >= 15 is 0 Å². The van der Waals surface area contributed by atoms with Gasteiger partial charge >= 0.3 is 46.9 Å². The molecule has 0 aromatic heterocycles. The molecule has 0 bridgehead atoms. The normalized spacial score (nSPS) is 11.4. The van der Waals surface area contributed by atoms with Crippen molar-refractivity contribution < 1.29 is 115 Å². The van der Waals surface area contributed by atoms with Crippen molar-refractivity contribution in [3.63, 3.8) is 0 Å². The summed E-state index contributed by atoms with van der Waals surface area (Å²) in [5.41, 5.74) is 0. The van der Waals surface area contributed by atoms with Crippen LogP contribution < -0.4 is 0 Å². The molecule has 0 aromatic rings. The lowest BCUT2D eigenvalue weighted by Crippen LogP contribution is -1.80. The van der Waals surface area contributed by atoms with Crippen molar-refractivity contribution in [2.75, 3.05) is 0 Å². The van der Waals surface area contributed by atoms with Crippen molar-refractivity contribution in [1.29, 1.82) is 0 Å². The van der Waals surface area contributed by atoms with E-state index in [-0.39, 0.29) is 0 Å². The molecule has 0 atom stereocenters. The van der Waals surface area contributed by atoms with Crippen LogP contribution >= 0.6 is 46.9 Å². The van der Waals surface area contributed by atoms with Gasteiger partial charge in [0.05, 0.1) is 0 Å². The molecular formula is C13H46O24P6. The third-order valence-corrected chi connectivity index (χ3v) is 2.71. The average molecular weight is 772 g/mol. The van der Waals surface area contributed by atoms with Crippen LogP contribution in [0, 0.1) is 0 Å². The lowest BCUT2D eigenvalue weighted by Gasteiger charge is -2.00.